The summed E-state index contributed by atoms with van der Waals surface area (Å²) in [5.41, 5.74) is 2.83. The van der Waals surface area contributed by atoms with E-state index in [1.54, 1.807) is 18.3 Å². The lowest BCUT2D eigenvalue weighted by atomic mass is 10.1. The van der Waals surface area contributed by atoms with Crippen molar-refractivity contribution >= 4 is 17.1 Å². The van der Waals surface area contributed by atoms with E-state index in [1.165, 1.54) is 18.2 Å². The van der Waals surface area contributed by atoms with Gasteiger partial charge in [0, 0.05) is 29.2 Å². The Hall–Kier alpha value is -3.79. The topological polar surface area (TPSA) is 105 Å². The summed E-state index contributed by atoms with van der Waals surface area (Å²) in [6.45, 7) is 1.89. The molecule has 2 aromatic carbocycles. The predicted molar refractivity (Wildman–Crippen MR) is 93.3 cm³/mol. The normalized spacial score (nSPS) is 10.1. The van der Waals surface area contributed by atoms with Gasteiger partial charge in [0.2, 0.25) is 0 Å². The van der Waals surface area contributed by atoms with E-state index in [0.29, 0.717) is 17.2 Å². The summed E-state index contributed by atoms with van der Waals surface area (Å²) in [7, 11) is 0. The molecular weight excluding hydrogens is 318 g/mol. The Morgan fingerprint density at radius 2 is 1.92 bits per heavy atom. The van der Waals surface area contributed by atoms with Crippen molar-refractivity contribution in [2.45, 2.75) is 6.92 Å². The number of aryl methyl sites for hydroxylation is 1. The maximum Gasteiger partial charge on any atom is 0.293 e. The molecule has 0 amide bonds. The lowest BCUT2D eigenvalue weighted by Gasteiger charge is -2.08. The summed E-state index contributed by atoms with van der Waals surface area (Å²) in [6.07, 6.45) is 1.70. The van der Waals surface area contributed by atoms with Crippen LogP contribution in [-0.2, 0) is 0 Å². The average molecular weight is 331 g/mol. The minimum Gasteiger partial charge on any atom is -0.350 e. The SMILES string of the molecule is Cc1ccnc(-c2ccc(Nc3ccc(C#N)cc3[N+](=O)[O-])cc2)n1. The first-order valence-corrected chi connectivity index (χ1v) is 7.42. The first-order valence-electron chi connectivity index (χ1n) is 7.42. The summed E-state index contributed by atoms with van der Waals surface area (Å²) < 4.78 is 0. The number of nitrogens with one attached hydrogen (secondary N) is 1. The molecule has 0 spiro atoms. The second-order valence-electron chi connectivity index (χ2n) is 5.32. The number of nitro groups is 1. The minimum atomic E-state index is -0.516. The van der Waals surface area contributed by atoms with Crippen LogP contribution in [0.25, 0.3) is 11.4 Å². The molecule has 0 aliphatic heterocycles. The third kappa shape index (κ3) is 3.59. The van der Waals surface area contributed by atoms with Crippen molar-refractivity contribution in [3.63, 3.8) is 0 Å². The number of hydrogen-bond acceptors (Lipinski definition) is 6. The largest absolute Gasteiger partial charge is 0.350 e. The molecular formula is C18H13N5O2. The summed E-state index contributed by atoms with van der Waals surface area (Å²) in [5, 5.41) is 23.1. The van der Waals surface area contributed by atoms with Crippen LogP contribution < -0.4 is 5.32 Å². The zero-order chi connectivity index (χ0) is 17.8. The van der Waals surface area contributed by atoms with Gasteiger partial charge in [0.25, 0.3) is 5.69 Å². The molecule has 1 N–H and O–H groups in total. The third-order valence-corrected chi connectivity index (χ3v) is 3.54. The fourth-order valence-corrected chi connectivity index (χ4v) is 2.30. The number of benzene rings is 2. The molecule has 0 radical (unpaired) electrons. The highest BCUT2D eigenvalue weighted by Gasteiger charge is 2.15. The molecule has 3 rings (SSSR count). The molecule has 0 aliphatic carbocycles. The third-order valence-electron chi connectivity index (χ3n) is 3.54. The van der Waals surface area contributed by atoms with Crippen LogP contribution in [-0.4, -0.2) is 14.9 Å². The minimum absolute atomic E-state index is 0.148. The lowest BCUT2D eigenvalue weighted by Crippen LogP contribution is -1.98. The van der Waals surface area contributed by atoms with Crippen molar-refractivity contribution in [3.05, 3.63) is 76.1 Å². The zero-order valence-corrected chi connectivity index (χ0v) is 13.3. The second-order valence-corrected chi connectivity index (χ2v) is 5.32. The van der Waals surface area contributed by atoms with Gasteiger partial charge in [-0.2, -0.15) is 5.26 Å². The van der Waals surface area contributed by atoms with Crippen LogP contribution >= 0.6 is 0 Å². The van der Waals surface area contributed by atoms with Crippen LogP contribution in [0.4, 0.5) is 17.1 Å². The monoisotopic (exact) mass is 331 g/mol. The first-order chi connectivity index (χ1) is 12.1. The predicted octanol–water partition coefficient (Wildman–Crippen LogP) is 3.98. The van der Waals surface area contributed by atoms with Crippen LogP contribution in [0.1, 0.15) is 11.3 Å². The van der Waals surface area contributed by atoms with E-state index in [9.17, 15) is 10.1 Å². The van der Waals surface area contributed by atoms with E-state index in [-0.39, 0.29) is 11.3 Å². The molecule has 1 heterocycles. The molecule has 122 valence electrons. The molecule has 0 saturated heterocycles. The van der Waals surface area contributed by atoms with Gasteiger partial charge in [-0.25, -0.2) is 9.97 Å². The molecule has 1 aromatic heterocycles. The van der Waals surface area contributed by atoms with E-state index in [1.807, 2.05) is 31.2 Å². The van der Waals surface area contributed by atoms with Crippen LogP contribution in [0.2, 0.25) is 0 Å². The second kappa shape index (κ2) is 6.76. The fraction of sp³-hybridized carbons (Fsp3) is 0.0556. The van der Waals surface area contributed by atoms with Gasteiger partial charge >= 0.3 is 0 Å². The van der Waals surface area contributed by atoms with Crippen molar-refractivity contribution in [2.75, 3.05) is 5.32 Å². The standard InChI is InChI=1S/C18H13N5O2/c1-12-8-9-20-18(21-12)14-3-5-15(6-4-14)22-16-7-2-13(11-19)10-17(16)23(24)25/h2-10,22H,1H3. The van der Waals surface area contributed by atoms with Crippen LogP contribution in [0.3, 0.4) is 0 Å². The van der Waals surface area contributed by atoms with Gasteiger partial charge in [-0.1, -0.05) is 0 Å². The van der Waals surface area contributed by atoms with Gasteiger partial charge in [-0.15, -0.1) is 0 Å². The lowest BCUT2D eigenvalue weighted by molar-refractivity contribution is -0.383. The zero-order valence-electron chi connectivity index (χ0n) is 13.3. The van der Waals surface area contributed by atoms with Crippen LogP contribution in [0.5, 0.6) is 0 Å². The average Bonchev–Trinajstić information content (AvgIpc) is 2.62. The van der Waals surface area contributed by atoms with E-state index < -0.39 is 4.92 Å². The molecule has 0 bridgehead atoms. The number of anilines is 2. The Bertz CT molecular complexity index is 978. The van der Waals surface area contributed by atoms with Crippen molar-refractivity contribution in [1.29, 1.82) is 5.26 Å². The van der Waals surface area contributed by atoms with E-state index in [4.69, 9.17) is 5.26 Å². The molecule has 3 aromatic rings. The molecule has 0 unspecified atom stereocenters. The van der Waals surface area contributed by atoms with Crippen molar-refractivity contribution in [2.24, 2.45) is 0 Å². The van der Waals surface area contributed by atoms with Crippen molar-refractivity contribution in [3.8, 4) is 17.5 Å². The van der Waals surface area contributed by atoms with Gasteiger partial charge in [0.05, 0.1) is 16.6 Å². The Balaban J connectivity index is 1.87. The number of nitriles is 1. The van der Waals surface area contributed by atoms with Gasteiger partial charge in [0.1, 0.15) is 5.69 Å². The van der Waals surface area contributed by atoms with E-state index >= 15 is 0 Å². The van der Waals surface area contributed by atoms with Crippen LogP contribution in [0.15, 0.2) is 54.7 Å². The Kier molecular flexibility index (Phi) is 4.35. The summed E-state index contributed by atoms with van der Waals surface area (Å²) >= 11 is 0. The fourth-order valence-electron chi connectivity index (χ4n) is 2.30. The van der Waals surface area contributed by atoms with E-state index in [0.717, 1.165) is 11.3 Å². The van der Waals surface area contributed by atoms with Gasteiger partial charge in [0.15, 0.2) is 5.82 Å². The highest BCUT2D eigenvalue weighted by molar-refractivity contribution is 5.72. The first kappa shape index (κ1) is 16.1. The molecule has 0 atom stereocenters. The van der Waals surface area contributed by atoms with Gasteiger partial charge in [-0.05, 0) is 49.4 Å². The van der Waals surface area contributed by atoms with Gasteiger partial charge in [-0.3, -0.25) is 10.1 Å². The molecule has 0 aliphatic rings. The van der Waals surface area contributed by atoms with Gasteiger partial charge < -0.3 is 5.32 Å². The highest BCUT2D eigenvalue weighted by atomic mass is 16.6. The van der Waals surface area contributed by atoms with Crippen molar-refractivity contribution in [1.82, 2.24) is 9.97 Å². The Labute approximate surface area is 143 Å². The molecule has 0 saturated carbocycles. The number of rotatable bonds is 4. The molecule has 7 nitrogen and oxygen atoms in total. The summed E-state index contributed by atoms with van der Waals surface area (Å²) in [6, 6.07) is 15.3. The van der Waals surface area contributed by atoms with E-state index in [2.05, 4.69) is 15.3 Å². The quantitative estimate of drug-likeness (QED) is 0.573. The number of nitro benzene ring substituents is 1. The summed E-state index contributed by atoms with van der Waals surface area (Å²) in [5.74, 6) is 0.621. The highest BCUT2D eigenvalue weighted by Crippen LogP contribution is 2.29. The summed E-state index contributed by atoms with van der Waals surface area (Å²) in [4.78, 5) is 19.3. The maximum absolute atomic E-state index is 11.2. The smallest absolute Gasteiger partial charge is 0.293 e. The maximum atomic E-state index is 11.2. The number of nitrogens with zero attached hydrogens (tertiary/aromatic N) is 4. The molecule has 0 fully saturated rings. The molecule has 25 heavy (non-hydrogen) atoms. The van der Waals surface area contributed by atoms with Crippen molar-refractivity contribution < 1.29 is 4.92 Å². The number of hydrogen-bond donors (Lipinski definition) is 1. The Morgan fingerprint density at radius 1 is 1.16 bits per heavy atom. The van der Waals surface area contributed by atoms with Crippen LogP contribution in [0, 0.1) is 28.4 Å². The Morgan fingerprint density at radius 3 is 2.56 bits per heavy atom. The molecule has 7 heteroatoms. The number of aromatic nitrogens is 2.